The van der Waals surface area contributed by atoms with Crippen molar-refractivity contribution in [3.8, 4) is 0 Å². The Bertz CT molecular complexity index is 290. The smallest absolute Gasteiger partial charge is 0.116 e. The van der Waals surface area contributed by atoms with Crippen LogP contribution in [-0.2, 0) is 0 Å². The highest BCUT2D eigenvalue weighted by molar-refractivity contribution is 6.32. The molecule has 1 N–H and O–H groups in total. The van der Waals surface area contributed by atoms with Gasteiger partial charge in [0.1, 0.15) is 7.85 Å². The maximum atomic E-state index is 5.57. The highest BCUT2D eigenvalue weighted by Crippen LogP contribution is 2.27. The van der Waals surface area contributed by atoms with Gasteiger partial charge in [0, 0.05) is 20.1 Å². The fourth-order valence-electron chi connectivity index (χ4n) is 1.39. The van der Waals surface area contributed by atoms with Gasteiger partial charge in [0.05, 0.1) is 11.4 Å². The van der Waals surface area contributed by atoms with Crippen LogP contribution in [0.5, 0.6) is 0 Å². The summed E-state index contributed by atoms with van der Waals surface area (Å²) in [5.41, 5.74) is 2.96. The molecule has 1 unspecified atom stereocenters. The van der Waals surface area contributed by atoms with Gasteiger partial charge < -0.3 is 5.32 Å². The molecule has 3 heteroatoms. The Kier molecular flexibility index (Phi) is 1.38. The second-order valence-corrected chi connectivity index (χ2v) is 2.98. The van der Waals surface area contributed by atoms with Crippen LogP contribution in [0.1, 0.15) is 20.0 Å². The molecule has 0 bridgehead atoms. The first-order valence-electron chi connectivity index (χ1n) is 3.76. The van der Waals surface area contributed by atoms with Crippen LogP contribution < -0.4 is 10.8 Å². The molecular weight excluding hydrogens is 135 g/mol. The molecule has 0 aromatic carbocycles. The van der Waals surface area contributed by atoms with Crippen molar-refractivity contribution < 1.29 is 1.43 Å². The summed E-state index contributed by atoms with van der Waals surface area (Å²) in [7, 11) is 5.57. The maximum absolute atomic E-state index is 5.57. The Morgan fingerprint density at radius 3 is 3.45 bits per heavy atom. The number of aromatic nitrogens is 1. The highest BCUT2D eigenvalue weighted by Gasteiger charge is 2.18. The van der Waals surface area contributed by atoms with Gasteiger partial charge in [-0.1, -0.05) is 12.4 Å². The Labute approximate surface area is 68.9 Å². The average Bonchev–Trinajstić information content (AvgIpc) is 2.32. The summed E-state index contributed by atoms with van der Waals surface area (Å²) in [6.07, 6.45) is 1.71. The molecule has 0 saturated carbocycles. The number of hydrogen-bond acceptors (Lipinski definition) is 2. The van der Waals surface area contributed by atoms with E-state index in [9.17, 15) is 0 Å². The first-order valence-corrected chi connectivity index (χ1v) is 3.76. The van der Waals surface area contributed by atoms with E-state index in [4.69, 9.17) is 7.85 Å². The number of anilines is 1. The highest BCUT2D eigenvalue weighted by atomic mass is 14.9. The Morgan fingerprint density at radius 2 is 2.64 bits per heavy atom. The van der Waals surface area contributed by atoms with Crippen molar-refractivity contribution in [2.45, 2.75) is 12.8 Å². The lowest BCUT2D eigenvalue weighted by atomic mass is 9.97. The SMILES string of the molecule is [B]c1cnc2c(c1)NCC2C.[HH]. The lowest BCUT2D eigenvalue weighted by Gasteiger charge is -2.00. The number of hydrogen-bond donors (Lipinski definition) is 1. The summed E-state index contributed by atoms with van der Waals surface area (Å²) < 4.78 is 0. The van der Waals surface area contributed by atoms with Gasteiger partial charge in [-0.3, -0.25) is 4.98 Å². The predicted molar refractivity (Wildman–Crippen MR) is 48.6 cm³/mol. The first-order chi connectivity index (χ1) is 5.27. The van der Waals surface area contributed by atoms with Gasteiger partial charge in [-0.2, -0.15) is 0 Å². The van der Waals surface area contributed by atoms with Crippen LogP contribution >= 0.6 is 0 Å². The second-order valence-electron chi connectivity index (χ2n) is 2.98. The van der Waals surface area contributed by atoms with Crippen LogP contribution in [0.4, 0.5) is 5.69 Å². The number of pyridine rings is 1. The summed E-state index contributed by atoms with van der Waals surface area (Å²) in [4.78, 5) is 4.25. The molecule has 1 atom stereocenters. The molecule has 2 radical (unpaired) electrons. The summed E-state index contributed by atoms with van der Waals surface area (Å²) in [6, 6.07) is 1.94. The van der Waals surface area contributed by atoms with E-state index in [1.807, 2.05) is 6.07 Å². The molecule has 2 heterocycles. The molecule has 2 nitrogen and oxygen atoms in total. The van der Waals surface area contributed by atoms with E-state index >= 15 is 0 Å². The molecule has 11 heavy (non-hydrogen) atoms. The lowest BCUT2D eigenvalue weighted by molar-refractivity contribution is 0.823. The van der Waals surface area contributed by atoms with Gasteiger partial charge in [-0.15, -0.1) is 0 Å². The van der Waals surface area contributed by atoms with Gasteiger partial charge in [0.15, 0.2) is 0 Å². The number of nitrogens with one attached hydrogen (secondary N) is 1. The summed E-state index contributed by atoms with van der Waals surface area (Å²) in [5, 5.41) is 3.25. The molecule has 0 spiro atoms. The fourth-order valence-corrected chi connectivity index (χ4v) is 1.39. The monoisotopic (exact) mass is 146 g/mol. The summed E-state index contributed by atoms with van der Waals surface area (Å²) >= 11 is 0. The Hall–Kier alpha value is -0.985. The van der Waals surface area contributed by atoms with E-state index in [2.05, 4.69) is 17.2 Å². The van der Waals surface area contributed by atoms with Crippen LogP contribution in [0.15, 0.2) is 12.3 Å². The second kappa shape index (κ2) is 2.26. The van der Waals surface area contributed by atoms with Crippen molar-refractivity contribution in [2.75, 3.05) is 11.9 Å². The van der Waals surface area contributed by atoms with Crippen molar-refractivity contribution in [1.82, 2.24) is 4.98 Å². The van der Waals surface area contributed by atoms with E-state index in [1.54, 1.807) is 6.20 Å². The van der Waals surface area contributed by atoms with Crippen molar-refractivity contribution >= 4 is 19.0 Å². The van der Waals surface area contributed by atoms with E-state index in [-0.39, 0.29) is 1.43 Å². The predicted octanol–water partition coefficient (Wildman–Crippen LogP) is 0.650. The van der Waals surface area contributed by atoms with Crippen molar-refractivity contribution in [2.24, 2.45) is 0 Å². The molecule has 0 amide bonds. The minimum Gasteiger partial charge on any atom is -0.383 e. The van der Waals surface area contributed by atoms with Gasteiger partial charge in [-0.25, -0.2) is 0 Å². The van der Waals surface area contributed by atoms with E-state index < -0.39 is 0 Å². The maximum Gasteiger partial charge on any atom is 0.116 e. The van der Waals surface area contributed by atoms with Gasteiger partial charge >= 0.3 is 0 Å². The zero-order valence-corrected chi connectivity index (χ0v) is 6.46. The third kappa shape index (κ3) is 1.00. The van der Waals surface area contributed by atoms with Crippen LogP contribution in [-0.4, -0.2) is 19.4 Å². The van der Waals surface area contributed by atoms with Crippen LogP contribution in [0.2, 0.25) is 0 Å². The van der Waals surface area contributed by atoms with Crippen LogP contribution in [0.25, 0.3) is 0 Å². The summed E-state index contributed by atoms with van der Waals surface area (Å²) in [6.45, 7) is 3.13. The molecule has 2 rings (SSSR count). The number of fused-ring (bicyclic) bond motifs is 1. The van der Waals surface area contributed by atoms with E-state index in [0.29, 0.717) is 5.92 Å². The van der Waals surface area contributed by atoms with E-state index in [0.717, 1.165) is 23.4 Å². The van der Waals surface area contributed by atoms with E-state index in [1.165, 1.54) is 0 Å². The average molecular weight is 146 g/mol. The standard InChI is InChI=1S/C8H9BN2.H2/c1-5-3-10-7-2-6(9)4-11-8(5)7;/h2,4-5,10H,3H2,1H3;1H. The number of rotatable bonds is 0. The molecular formula is C8H11BN2. The quantitative estimate of drug-likeness (QED) is 0.543. The molecule has 1 aliphatic rings. The minimum atomic E-state index is 0. The zero-order chi connectivity index (χ0) is 7.84. The largest absolute Gasteiger partial charge is 0.383 e. The van der Waals surface area contributed by atoms with Crippen LogP contribution in [0.3, 0.4) is 0 Å². The van der Waals surface area contributed by atoms with Crippen molar-refractivity contribution in [3.63, 3.8) is 0 Å². The van der Waals surface area contributed by atoms with Crippen molar-refractivity contribution in [1.29, 1.82) is 0 Å². The third-order valence-electron chi connectivity index (χ3n) is 2.01. The Balaban J connectivity index is 0.000000720. The van der Waals surface area contributed by atoms with Gasteiger partial charge in [0.25, 0.3) is 0 Å². The Morgan fingerprint density at radius 1 is 1.82 bits per heavy atom. The lowest BCUT2D eigenvalue weighted by Crippen LogP contribution is -2.04. The normalized spacial score (nSPS) is 21.0. The fraction of sp³-hybridized carbons (Fsp3) is 0.375. The zero-order valence-electron chi connectivity index (χ0n) is 6.46. The molecule has 1 aromatic rings. The molecule has 0 fully saturated rings. The van der Waals surface area contributed by atoms with Crippen LogP contribution in [0, 0.1) is 0 Å². The topological polar surface area (TPSA) is 24.9 Å². The third-order valence-corrected chi connectivity index (χ3v) is 2.01. The molecule has 56 valence electrons. The minimum absolute atomic E-state index is 0. The first kappa shape index (κ1) is 6.71. The molecule has 0 saturated heterocycles. The molecule has 0 aliphatic carbocycles. The molecule has 1 aliphatic heterocycles. The molecule has 1 aromatic heterocycles. The van der Waals surface area contributed by atoms with Crippen molar-refractivity contribution in [3.05, 3.63) is 18.0 Å². The van der Waals surface area contributed by atoms with Gasteiger partial charge in [0.2, 0.25) is 0 Å². The van der Waals surface area contributed by atoms with Gasteiger partial charge in [-0.05, 0) is 6.07 Å². The summed E-state index contributed by atoms with van der Waals surface area (Å²) in [5.74, 6) is 0.519. The number of nitrogens with zero attached hydrogens (tertiary/aromatic N) is 1.